The van der Waals surface area contributed by atoms with Gasteiger partial charge in [0.25, 0.3) is 0 Å². The molecule has 0 fully saturated rings. The smallest absolute Gasteiger partial charge is 0.387 e. The number of hydrogen-bond acceptors (Lipinski definition) is 3. The molecule has 1 heterocycles. The number of rotatable bonds is 7. The zero-order valence-corrected chi connectivity index (χ0v) is 13.7. The standard InChI is InChI=1S/C17H21F2N3O2/c1-20-17(21-10-9-14-4-3-11-23-14)22(2)12-13-5-7-15(8-6-13)24-16(18)19/h3-8,11,16H,9-10,12H2,1-2H3,(H,20,21). The van der Waals surface area contributed by atoms with Crippen LogP contribution in [0.5, 0.6) is 5.75 Å². The summed E-state index contributed by atoms with van der Waals surface area (Å²) in [7, 11) is 3.62. The number of hydrogen-bond donors (Lipinski definition) is 1. The van der Waals surface area contributed by atoms with E-state index in [9.17, 15) is 8.78 Å². The fourth-order valence-electron chi connectivity index (χ4n) is 2.26. The molecule has 0 radical (unpaired) electrons. The molecular weight excluding hydrogens is 316 g/mol. The normalized spacial score (nSPS) is 11.6. The van der Waals surface area contributed by atoms with Gasteiger partial charge < -0.3 is 19.4 Å². The number of furan rings is 1. The number of nitrogens with one attached hydrogen (secondary N) is 1. The van der Waals surface area contributed by atoms with E-state index in [1.807, 2.05) is 24.1 Å². The first-order valence-electron chi connectivity index (χ1n) is 7.56. The summed E-state index contributed by atoms with van der Waals surface area (Å²) >= 11 is 0. The zero-order chi connectivity index (χ0) is 17.4. The van der Waals surface area contributed by atoms with Gasteiger partial charge in [0.1, 0.15) is 11.5 Å². The molecule has 2 aromatic rings. The van der Waals surface area contributed by atoms with Crippen LogP contribution in [0.15, 0.2) is 52.1 Å². The largest absolute Gasteiger partial charge is 0.469 e. The van der Waals surface area contributed by atoms with Crippen LogP contribution in [0.4, 0.5) is 8.78 Å². The van der Waals surface area contributed by atoms with E-state index < -0.39 is 6.61 Å². The van der Waals surface area contributed by atoms with Gasteiger partial charge in [-0.3, -0.25) is 4.99 Å². The van der Waals surface area contributed by atoms with E-state index in [1.54, 1.807) is 25.4 Å². The van der Waals surface area contributed by atoms with Gasteiger partial charge in [-0.1, -0.05) is 12.1 Å². The Morgan fingerprint density at radius 3 is 2.62 bits per heavy atom. The number of halogens is 2. The maximum atomic E-state index is 12.1. The third-order valence-electron chi connectivity index (χ3n) is 3.38. The first kappa shape index (κ1) is 17.8. The predicted molar refractivity (Wildman–Crippen MR) is 88.3 cm³/mol. The molecule has 0 bridgehead atoms. The minimum atomic E-state index is -2.81. The van der Waals surface area contributed by atoms with E-state index in [-0.39, 0.29) is 5.75 Å². The number of alkyl halides is 2. The van der Waals surface area contributed by atoms with Crippen LogP contribution in [0.1, 0.15) is 11.3 Å². The fourth-order valence-corrected chi connectivity index (χ4v) is 2.26. The average molecular weight is 337 g/mol. The predicted octanol–water partition coefficient (Wildman–Crippen LogP) is 3.13. The van der Waals surface area contributed by atoms with Crippen molar-refractivity contribution in [2.24, 2.45) is 4.99 Å². The van der Waals surface area contributed by atoms with Gasteiger partial charge in [-0.2, -0.15) is 8.78 Å². The summed E-state index contributed by atoms with van der Waals surface area (Å²) in [6.45, 7) is -1.52. The maximum Gasteiger partial charge on any atom is 0.387 e. The first-order valence-corrected chi connectivity index (χ1v) is 7.56. The van der Waals surface area contributed by atoms with Gasteiger partial charge in [0.15, 0.2) is 5.96 Å². The van der Waals surface area contributed by atoms with Crippen molar-refractivity contribution in [3.63, 3.8) is 0 Å². The van der Waals surface area contributed by atoms with E-state index in [0.29, 0.717) is 13.1 Å². The molecule has 0 aliphatic heterocycles. The molecule has 1 aromatic heterocycles. The van der Waals surface area contributed by atoms with E-state index in [0.717, 1.165) is 23.7 Å². The Morgan fingerprint density at radius 2 is 2.04 bits per heavy atom. The van der Waals surface area contributed by atoms with Crippen molar-refractivity contribution in [1.29, 1.82) is 0 Å². The lowest BCUT2D eigenvalue weighted by molar-refractivity contribution is -0.0498. The average Bonchev–Trinajstić information content (AvgIpc) is 3.06. The summed E-state index contributed by atoms with van der Waals surface area (Å²) in [5, 5.41) is 3.26. The summed E-state index contributed by atoms with van der Waals surface area (Å²) in [5.41, 5.74) is 0.966. The van der Waals surface area contributed by atoms with Crippen LogP contribution in [0.3, 0.4) is 0 Å². The molecule has 0 spiro atoms. The van der Waals surface area contributed by atoms with Crippen molar-refractivity contribution >= 4 is 5.96 Å². The fraction of sp³-hybridized carbons (Fsp3) is 0.353. The minimum absolute atomic E-state index is 0.150. The Morgan fingerprint density at radius 1 is 1.29 bits per heavy atom. The Hall–Kier alpha value is -2.57. The van der Waals surface area contributed by atoms with Crippen molar-refractivity contribution in [3.05, 3.63) is 54.0 Å². The van der Waals surface area contributed by atoms with Gasteiger partial charge in [-0.15, -0.1) is 0 Å². The zero-order valence-electron chi connectivity index (χ0n) is 13.7. The lowest BCUT2D eigenvalue weighted by atomic mass is 10.2. The monoisotopic (exact) mass is 337 g/mol. The molecule has 5 nitrogen and oxygen atoms in total. The molecule has 0 saturated heterocycles. The molecular formula is C17H21F2N3O2. The highest BCUT2D eigenvalue weighted by molar-refractivity contribution is 5.79. The molecule has 0 atom stereocenters. The quantitative estimate of drug-likeness (QED) is 0.623. The highest BCUT2D eigenvalue weighted by Gasteiger charge is 2.08. The van der Waals surface area contributed by atoms with E-state index in [2.05, 4.69) is 15.0 Å². The molecule has 130 valence electrons. The van der Waals surface area contributed by atoms with Gasteiger partial charge in [-0.25, -0.2) is 0 Å². The van der Waals surface area contributed by atoms with Gasteiger partial charge in [0, 0.05) is 33.6 Å². The minimum Gasteiger partial charge on any atom is -0.469 e. The Labute approximate surface area is 139 Å². The third-order valence-corrected chi connectivity index (χ3v) is 3.38. The van der Waals surface area contributed by atoms with Crippen LogP contribution >= 0.6 is 0 Å². The van der Waals surface area contributed by atoms with Crippen LogP contribution in [0, 0.1) is 0 Å². The van der Waals surface area contributed by atoms with E-state index in [4.69, 9.17) is 4.42 Å². The van der Waals surface area contributed by atoms with Crippen molar-refractivity contribution < 1.29 is 17.9 Å². The summed E-state index contributed by atoms with van der Waals surface area (Å²) in [5.74, 6) is 1.81. The van der Waals surface area contributed by atoms with E-state index >= 15 is 0 Å². The summed E-state index contributed by atoms with van der Waals surface area (Å²) in [6.07, 6.45) is 2.41. The molecule has 0 unspecified atom stereocenters. The third kappa shape index (κ3) is 5.57. The molecule has 7 heteroatoms. The number of nitrogens with zero attached hydrogens (tertiary/aromatic N) is 2. The molecule has 1 N–H and O–H groups in total. The van der Waals surface area contributed by atoms with E-state index in [1.165, 1.54) is 12.1 Å². The molecule has 0 saturated carbocycles. The maximum absolute atomic E-state index is 12.1. The lowest BCUT2D eigenvalue weighted by Gasteiger charge is -2.22. The van der Waals surface area contributed by atoms with Crippen LogP contribution < -0.4 is 10.1 Å². The SMILES string of the molecule is CN=C(NCCc1ccco1)N(C)Cc1ccc(OC(F)F)cc1. The molecule has 2 rings (SSSR count). The number of benzene rings is 1. The second-order valence-electron chi connectivity index (χ2n) is 5.18. The Kier molecular flexibility index (Phi) is 6.60. The molecule has 0 amide bonds. The first-order chi connectivity index (χ1) is 11.6. The van der Waals surface area contributed by atoms with Gasteiger partial charge in [-0.05, 0) is 29.8 Å². The topological polar surface area (TPSA) is 50.0 Å². The number of ether oxygens (including phenoxy) is 1. The molecule has 0 aliphatic carbocycles. The molecule has 0 aliphatic rings. The van der Waals surface area contributed by atoms with Crippen molar-refractivity contribution in [1.82, 2.24) is 10.2 Å². The molecule has 24 heavy (non-hydrogen) atoms. The van der Waals surface area contributed by atoms with Crippen LogP contribution in [0.2, 0.25) is 0 Å². The lowest BCUT2D eigenvalue weighted by Crippen LogP contribution is -2.39. The highest BCUT2D eigenvalue weighted by Crippen LogP contribution is 2.15. The number of guanidine groups is 1. The highest BCUT2D eigenvalue weighted by atomic mass is 19.3. The van der Waals surface area contributed by atoms with Gasteiger partial charge >= 0.3 is 6.61 Å². The van der Waals surface area contributed by atoms with Gasteiger partial charge in [0.05, 0.1) is 6.26 Å². The van der Waals surface area contributed by atoms with Crippen molar-refractivity contribution in [2.45, 2.75) is 19.6 Å². The summed E-state index contributed by atoms with van der Waals surface area (Å²) in [6, 6.07) is 10.4. The second kappa shape index (κ2) is 8.90. The summed E-state index contributed by atoms with van der Waals surface area (Å²) in [4.78, 5) is 6.19. The Balaban J connectivity index is 1.83. The second-order valence-corrected chi connectivity index (χ2v) is 5.18. The number of aliphatic imine (C=N–C) groups is 1. The van der Waals surface area contributed by atoms with Crippen molar-refractivity contribution in [3.8, 4) is 5.75 Å². The van der Waals surface area contributed by atoms with Crippen LogP contribution in [-0.4, -0.2) is 38.1 Å². The molecule has 1 aromatic carbocycles. The van der Waals surface area contributed by atoms with Crippen molar-refractivity contribution in [2.75, 3.05) is 20.6 Å². The Bertz CT molecular complexity index is 628. The summed E-state index contributed by atoms with van der Waals surface area (Å²) < 4.78 is 33.9. The van der Waals surface area contributed by atoms with Gasteiger partial charge in [0.2, 0.25) is 0 Å². The van der Waals surface area contributed by atoms with Crippen LogP contribution in [0.25, 0.3) is 0 Å². The van der Waals surface area contributed by atoms with Crippen LogP contribution in [-0.2, 0) is 13.0 Å².